The summed E-state index contributed by atoms with van der Waals surface area (Å²) in [7, 11) is 0. The van der Waals surface area contributed by atoms with Gasteiger partial charge >= 0.3 is 0 Å². The van der Waals surface area contributed by atoms with Gasteiger partial charge in [0.15, 0.2) is 0 Å². The Labute approximate surface area is 113 Å². The zero-order valence-corrected chi connectivity index (χ0v) is 10.9. The molecule has 0 atom stereocenters. The Morgan fingerprint density at radius 3 is 2.11 bits per heavy atom. The van der Waals surface area contributed by atoms with Crippen molar-refractivity contribution in [3.63, 3.8) is 0 Å². The number of unbranched alkanes of at least 4 members (excludes halogenated alkanes) is 4. The minimum atomic E-state index is -0.163. The highest BCUT2D eigenvalue weighted by Crippen LogP contribution is 2.22. The Kier molecular flexibility index (Phi) is 4.35. The molecule has 1 aliphatic rings. The standard InChI is InChI=1S/C16H17NO2/c1-2-3-4-5-6-9-12-17-15(18)13-10-7-8-11-14(13)16(17)19/h1,7-8,10-11H,3-6,9,12H2. The van der Waals surface area contributed by atoms with Crippen LogP contribution < -0.4 is 0 Å². The first-order chi connectivity index (χ1) is 9.25. The van der Waals surface area contributed by atoms with Crippen molar-refractivity contribution < 1.29 is 9.59 Å². The quantitative estimate of drug-likeness (QED) is 0.445. The molecule has 0 fully saturated rings. The van der Waals surface area contributed by atoms with E-state index in [1.54, 1.807) is 24.3 Å². The maximum atomic E-state index is 12.1. The summed E-state index contributed by atoms with van der Waals surface area (Å²) < 4.78 is 0. The normalized spacial score (nSPS) is 13.5. The Morgan fingerprint density at radius 2 is 1.53 bits per heavy atom. The minimum absolute atomic E-state index is 0.163. The minimum Gasteiger partial charge on any atom is -0.274 e. The van der Waals surface area contributed by atoms with Gasteiger partial charge in [0.25, 0.3) is 11.8 Å². The van der Waals surface area contributed by atoms with Crippen LogP contribution in [0.15, 0.2) is 24.3 Å². The molecular weight excluding hydrogens is 238 g/mol. The maximum Gasteiger partial charge on any atom is 0.261 e. The molecule has 1 aromatic rings. The average molecular weight is 255 g/mol. The van der Waals surface area contributed by atoms with Crippen LogP contribution in [0.5, 0.6) is 0 Å². The molecule has 3 nitrogen and oxygen atoms in total. The van der Waals surface area contributed by atoms with E-state index in [0.29, 0.717) is 17.7 Å². The third-order valence-electron chi connectivity index (χ3n) is 3.33. The predicted octanol–water partition coefficient (Wildman–Crippen LogP) is 2.87. The second-order valence-corrected chi connectivity index (χ2v) is 4.68. The van der Waals surface area contributed by atoms with Gasteiger partial charge in [-0.05, 0) is 25.0 Å². The van der Waals surface area contributed by atoms with E-state index < -0.39 is 0 Å². The third-order valence-corrected chi connectivity index (χ3v) is 3.33. The molecule has 1 aliphatic heterocycles. The van der Waals surface area contributed by atoms with Gasteiger partial charge in [0.2, 0.25) is 0 Å². The molecule has 1 heterocycles. The number of benzene rings is 1. The van der Waals surface area contributed by atoms with Crippen LogP contribution in [0, 0.1) is 12.3 Å². The van der Waals surface area contributed by atoms with Gasteiger partial charge in [-0.3, -0.25) is 14.5 Å². The Bertz CT molecular complexity index is 493. The van der Waals surface area contributed by atoms with E-state index in [-0.39, 0.29) is 11.8 Å². The summed E-state index contributed by atoms with van der Waals surface area (Å²) in [5, 5.41) is 0. The summed E-state index contributed by atoms with van der Waals surface area (Å²) in [6.07, 6.45) is 9.88. The van der Waals surface area contributed by atoms with Gasteiger partial charge in [0.05, 0.1) is 11.1 Å². The summed E-state index contributed by atoms with van der Waals surface area (Å²) in [4.78, 5) is 25.5. The van der Waals surface area contributed by atoms with Gasteiger partial charge in [0.1, 0.15) is 0 Å². The number of amides is 2. The molecule has 0 aliphatic carbocycles. The van der Waals surface area contributed by atoms with Crippen molar-refractivity contribution in [2.75, 3.05) is 6.54 Å². The monoisotopic (exact) mass is 255 g/mol. The number of hydrogen-bond acceptors (Lipinski definition) is 2. The number of carbonyl (C=O) groups excluding carboxylic acids is 2. The number of nitrogens with zero attached hydrogens (tertiary/aromatic N) is 1. The molecule has 19 heavy (non-hydrogen) atoms. The average Bonchev–Trinajstić information content (AvgIpc) is 2.68. The maximum absolute atomic E-state index is 12.1. The Morgan fingerprint density at radius 1 is 0.947 bits per heavy atom. The van der Waals surface area contributed by atoms with Crippen LogP contribution in [0.25, 0.3) is 0 Å². The topological polar surface area (TPSA) is 37.4 Å². The SMILES string of the molecule is C#CCCCCCCN1C(=O)c2ccccc2C1=O. The summed E-state index contributed by atoms with van der Waals surface area (Å²) in [6.45, 7) is 0.502. The van der Waals surface area contributed by atoms with Crippen molar-refractivity contribution in [3.05, 3.63) is 35.4 Å². The molecule has 0 radical (unpaired) electrons. The summed E-state index contributed by atoms with van der Waals surface area (Å²) in [5.41, 5.74) is 1.06. The van der Waals surface area contributed by atoms with Crippen molar-refractivity contribution in [1.82, 2.24) is 4.90 Å². The summed E-state index contributed by atoms with van der Waals surface area (Å²) in [5.74, 6) is 2.28. The number of carbonyl (C=O) groups is 2. The zero-order valence-electron chi connectivity index (χ0n) is 10.9. The van der Waals surface area contributed by atoms with E-state index >= 15 is 0 Å². The van der Waals surface area contributed by atoms with E-state index in [1.807, 2.05) is 0 Å². The van der Waals surface area contributed by atoms with Gasteiger partial charge in [0, 0.05) is 13.0 Å². The van der Waals surface area contributed by atoms with Crippen LogP contribution in [0.1, 0.15) is 52.8 Å². The van der Waals surface area contributed by atoms with Crippen molar-refractivity contribution >= 4 is 11.8 Å². The molecular formula is C16H17NO2. The van der Waals surface area contributed by atoms with Crippen LogP contribution >= 0.6 is 0 Å². The van der Waals surface area contributed by atoms with Crippen LogP contribution in [-0.4, -0.2) is 23.3 Å². The molecule has 2 amide bonds. The van der Waals surface area contributed by atoms with E-state index in [1.165, 1.54) is 4.90 Å². The van der Waals surface area contributed by atoms with Crippen LogP contribution in [-0.2, 0) is 0 Å². The molecule has 1 aromatic carbocycles. The van der Waals surface area contributed by atoms with Crippen LogP contribution in [0.4, 0.5) is 0 Å². The van der Waals surface area contributed by atoms with Crippen molar-refractivity contribution in [2.24, 2.45) is 0 Å². The van der Waals surface area contributed by atoms with Gasteiger partial charge in [-0.1, -0.05) is 25.0 Å². The van der Waals surface area contributed by atoms with Gasteiger partial charge in [-0.25, -0.2) is 0 Å². The highest BCUT2D eigenvalue weighted by Gasteiger charge is 2.34. The molecule has 0 N–H and O–H groups in total. The molecule has 0 saturated carbocycles. The molecule has 0 bridgehead atoms. The lowest BCUT2D eigenvalue weighted by Crippen LogP contribution is -2.30. The highest BCUT2D eigenvalue weighted by molar-refractivity contribution is 6.21. The lowest BCUT2D eigenvalue weighted by atomic mass is 10.1. The van der Waals surface area contributed by atoms with E-state index in [2.05, 4.69) is 5.92 Å². The van der Waals surface area contributed by atoms with E-state index in [9.17, 15) is 9.59 Å². The number of terminal acetylenes is 1. The van der Waals surface area contributed by atoms with Crippen molar-refractivity contribution in [3.8, 4) is 12.3 Å². The lowest BCUT2D eigenvalue weighted by Gasteiger charge is -2.13. The Balaban J connectivity index is 1.85. The van der Waals surface area contributed by atoms with Gasteiger partial charge in [-0.15, -0.1) is 12.3 Å². The lowest BCUT2D eigenvalue weighted by molar-refractivity contribution is 0.0651. The summed E-state index contributed by atoms with van der Waals surface area (Å²) >= 11 is 0. The van der Waals surface area contributed by atoms with E-state index in [0.717, 1.165) is 32.1 Å². The van der Waals surface area contributed by atoms with Crippen molar-refractivity contribution in [2.45, 2.75) is 32.1 Å². The largest absolute Gasteiger partial charge is 0.274 e. The van der Waals surface area contributed by atoms with E-state index in [4.69, 9.17) is 6.42 Å². The molecule has 2 rings (SSSR count). The molecule has 0 unspecified atom stereocenters. The first kappa shape index (κ1) is 13.4. The number of fused-ring (bicyclic) bond motifs is 1. The fourth-order valence-corrected chi connectivity index (χ4v) is 2.29. The van der Waals surface area contributed by atoms with Crippen molar-refractivity contribution in [1.29, 1.82) is 0 Å². The van der Waals surface area contributed by atoms with Crippen LogP contribution in [0.3, 0.4) is 0 Å². The number of rotatable bonds is 6. The smallest absolute Gasteiger partial charge is 0.261 e. The highest BCUT2D eigenvalue weighted by atomic mass is 16.2. The van der Waals surface area contributed by atoms with Crippen LogP contribution in [0.2, 0.25) is 0 Å². The number of imide groups is 1. The number of hydrogen-bond donors (Lipinski definition) is 0. The second-order valence-electron chi connectivity index (χ2n) is 4.68. The predicted molar refractivity (Wildman–Crippen MR) is 73.7 cm³/mol. The third kappa shape index (κ3) is 2.85. The molecule has 0 spiro atoms. The Hall–Kier alpha value is -2.08. The molecule has 0 saturated heterocycles. The second kappa shape index (κ2) is 6.19. The first-order valence-electron chi connectivity index (χ1n) is 6.64. The van der Waals surface area contributed by atoms with Gasteiger partial charge < -0.3 is 0 Å². The summed E-state index contributed by atoms with van der Waals surface area (Å²) in [6, 6.07) is 6.99. The fourth-order valence-electron chi connectivity index (χ4n) is 2.29. The molecule has 3 heteroatoms. The molecule has 0 aromatic heterocycles. The fraction of sp³-hybridized carbons (Fsp3) is 0.375. The molecule has 98 valence electrons. The zero-order chi connectivity index (χ0) is 13.7. The van der Waals surface area contributed by atoms with Gasteiger partial charge in [-0.2, -0.15) is 0 Å². The first-order valence-corrected chi connectivity index (χ1v) is 6.64.